The van der Waals surface area contributed by atoms with Crippen molar-refractivity contribution in [3.63, 3.8) is 0 Å². The lowest BCUT2D eigenvalue weighted by molar-refractivity contribution is 0.879. The first-order valence-electron chi connectivity index (χ1n) is 6.64. The Balaban J connectivity index is 1.78. The number of aromatic nitrogens is 5. The van der Waals surface area contributed by atoms with Gasteiger partial charge in [-0.2, -0.15) is 15.3 Å². The number of nitrogens with one attached hydrogen (secondary N) is 2. The minimum absolute atomic E-state index is 0.0121. The van der Waals surface area contributed by atoms with Gasteiger partial charge in [-0.1, -0.05) is 23.7 Å². The zero-order valence-electron chi connectivity index (χ0n) is 12.1. The van der Waals surface area contributed by atoms with Gasteiger partial charge in [0, 0.05) is 0 Å². The van der Waals surface area contributed by atoms with Crippen LogP contribution >= 0.6 is 11.6 Å². The molecular weight excluding hydrogens is 318 g/mol. The molecule has 0 fully saturated rings. The van der Waals surface area contributed by atoms with Crippen LogP contribution in [0.1, 0.15) is 12.5 Å². The fourth-order valence-corrected chi connectivity index (χ4v) is 2.00. The van der Waals surface area contributed by atoms with E-state index < -0.39 is 5.56 Å². The van der Waals surface area contributed by atoms with Crippen molar-refractivity contribution in [2.75, 3.05) is 5.43 Å². The Kier molecular flexibility index (Phi) is 4.15. The van der Waals surface area contributed by atoms with Gasteiger partial charge in [0.15, 0.2) is 0 Å². The summed E-state index contributed by atoms with van der Waals surface area (Å²) in [6, 6.07) is 7.64. The maximum Gasteiger partial charge on any atom is 0.285 e. The third-order valence-corrected chi connectivity index (χ3v) is 3.48. The van der Waals surface area contributed by atoms with Crippen LogP contribution in [0.5, 0.6) is 0 Å². The van der Waals surface area contributed by atoms with E-state index in [1.807, 2.05) is 31.2 Å². The maximum atomic E-state index is 11.4. The smallest absolute Gasteiger partial charge is 0.275 e. The Bertz CT molecular complexity index is 884. The number of rotatable bonds is 4. The minimum Gasteiger partial charge on any atom is -0.275 e. The maximum absolute atomic E-state index is 11.4. The molecule has 0 unspecified atom stereocenters. The van der Waals surface area contributed by atoms with E-state index in [1.54, 1.807) is 11.0 Å². The molecule has 0 aliphatic carbocycles. The predicted molar refractivity (Wildman–Crippen MR) is 87.1 cm³/mol. The van der Waals surface area contributed by atoms with Gasteiger partial charge in [-0.25, -0.2) is 14.8 Å². The lowest BCUT2D eigenvalue weighted by Gasteiger charge is -2.05. The second kappa shape index (κ2) is 6.41. The molecule has 0 aliphatic heterocycles. The highest BCUT2D eigenvalue weighted by Crippen LogP contribution is 2.15. The molecular formula is C14H12ClN7O. The molecule has 2 N–H and O–H groups in total. The molecule has 1 aromatic carbocycles. The molecule has 9 heteroatoms. The minimum atomic E-state index is -0.471. The summed E-state index contributed by atoms with van der Waals surface area (Å²) in [4.78, 5) is 15.3. The molecule has 23 heavy (non-hydrogen) atoms. The molecule has 3 rings (SSSR count). The van der Waals surface area contributed by atoms with Crippen LogP contribution in [0, 0.1) is 0 Å². The van der Waals surface area contributed by atoms with Crippen molar-refractivity contribution in [3.05, 3.63) is 64.1 Å². The Hall–Kier alpha value is -3.00. The molecule has 0 saturated carbocycles. The number of nitrogens with zero attached hydrogens (tertiary/aromatic N) is 5. The topological polar surface area (TPSA) is 101 Å². The number of benzene rings is 1. The molecule has 0 atom stereocenters. The third kappa shape index (κ3) is 3.27. The van der Waals surface area contributed by atoms with Crippen molar-refractivity contribution in [2.45, 2.75) is 6.92 Å². The highest BCUT2D eigenvalue weighted by Gasteiger charge is 2.04. The molecule has 0 radical (unpaired) electrons. The number of aromatic amines is 1. The van der Waals surface area contributed by atoms with Crippen LogP contribution in [0.2, 0.25) is 5.02 Å². The quantitative estimate of drug-likeness (QED) is 0.562. The largest absolute Gasteiger partial charge is 0.285 e. The van der Waals surface area contributed by atoms with Gasteiger partial charge in [0.05, 0.1) is 17.6 Å². The number of anilines is 1. The highest BCUT2D eigenvalue weighted by molar-refractivity contribution is 6.32. The van der Waals surface area contributed by atoms with Gasteiger partial charge in [-0.05, 0) is 24.6 Å². The number of H-pyrrole nitrogens is 1. The summed E-state index contributed by atoms with van der Waals surface area (Å²) >= 11 is 5.87. The van der Waals surface area contributed by atoms with Crippen molar-refractivity contribution in [2.24, 2.45) is 5.10 Å². The summed E-state index contributed by atoms with van der Waals surface area (Å²) in [5, 5.41) is 14.2. The van der Waals surface area contributed by atoms with Crippen LogP contribution < -0.4 is 11.0 Å². The number of hydrogen-bond acceptors (Lipinski definition) is 6. The lowest BCUT2D eigenvalue weighted by atomic mass is 10.1. The molecule has 0 bridgehead atoms. The summed E-state index contributed by atoms with van der Waals surface area (Å²) in [5.41, 5.74) is 5.15. The van der Waals surface area contributed by atoms with Gasteiger partial charge in [0.2, 0.25) is 0 Å². The number of hydrogen-bond donors (Lipinski definition) is 2. The lowest BCUT2D eigenvalue weighted by Crippen LogP contribution is -2.10. The van der Waals surface area contributed by atoms with Gasteiger partial charge >= 0.3 is 0 Å². The van der Waals surface area contributed by atoms with E-state index in [0.29, 0.717) is 5.69 Å². The van der Waals surface area contributed by atoms with Gasteiger partial charge in [-0.3, -0.25) is 10.2 Å². The van der Waals surface area contributed by atoms with Crippen molar-refractivity contribution in [3.8, 4) is 5.69 Å². The molecule has 0 spiro atoms. The van der Waals surface area contributed by atoms with Crippen LogP contribution in [0.25, 0.3) is 5.69 Å². The number of hydrazone groups is 1. The summed E-state index contributed by atoms with van der Waals surface area (Å²) in [5.74, 6) is 0. The zero-order valence-corrected chi connectivity index (χ0v) is 12.8. The van der Waals surface area contributed by atoms with E-state index in [9.17, 15) is 4.79 Å². The van der Waals surface area contributed by atoms with Crippen LogP contribution in [0.4, 0.5) is 5.69 Å². The second-order valence-corrected chi connectivity index (χ2v) is 5.00. The average Bonchev–Trinajstić information content (AvgIpc) is 3.10. The molecule has 2 aromatic heterocycles. The Morgan fingerprint density at radius 3 is 2.83 bits per heavy atom. The molecule has 0 aliphatic rings. The van der Waals surface area contributed by atoms with Gasteiger partial charge in [0.25, 0.3) is 5.56 Å². The third-order valence-electron chi connectivity index (χ3n) is 3.11. The monoisotopic (exact) mass is 329 g/mol. The van der Waals surface area contributed by atoms with Crippen LogP contribution in [0.3, 0.4) is 0 Å². The van der Waals surface area contributed by atoms with Crippen LogP contribution in [-0.4, -0.2) is 30.7 Å². The molecule has 3 aromatic rings. The first-order valence-corrected chi connectivity index (χ1v) is 7.02. The second-order valence-electron chi connectivity index (χ2n) is 4.62. The highest BCUT2D eigenvalue weighted by atomic mass is 35.5. The average molecular weight is 330 g/mol. The first-order chi connectivity index (χ1) is 11.1. The van der Waals surface area contributed by atoms with Gasteiger partial charge in [0.1, 0.15) is 23.4 Å². The van der Waals surface area contributed by atoms with Crippen molar-refractivity contribution < 1.29 is 0 Å². The predicted octanol–water partition coefficient (Wildman–Crippen LogP) is 1.84. The van der Waals surface area contributed by atoms with Crippen molar-refractivity contribution in [1.29, 1.82) is 0 Å². The Morgan fingerprint density at radius 1 is 1.35 bits per heavy atom. The summed E-state index contributed by atoms with van der Waals surface area (Å²) in [6.45, 7) is 1.84. The van der Waals surface area contributed by atoms with Crippen LogP contribution in [-0.2, 0) is 0 Å². The molecule has 116 valence electrons. The Labute approximate surface area is 135 Å². The zero-order chi connectivity index (χ0) is 16.2. The van der Waals surface area contributed by atoms with E-state index >= 15 is 0 Å². The fraction of sp³-hybridized carbons (Fsp3) is 0.0714. The molecule has 2 heterocycles. The first kappa shape index (κ1) is 14.9. The fourth-order valence-electron chi connectivity index (χ4n) is 1.87. The summed E-state index contributed by atoms with van der Waals surface area (Å²) < 4.78 is 1.66. The summed E-state index contributed by atoms with van der Waals surface area (Å²) in [7, 11) is 0. The standard InChI is InChI=1S/C14H12ClN7O/c1-9(19-20-12-6-17-21-14(23)13(12)15)10-2-4-11(5-3-10)22-8-16-7-18-22/h2-8H,1H3,(H2,20,21,23)/b19-9-. The van der Waals surface area contributed by atoms with Crippen molar-refractivity contribution in [1.82, 2.24) is 25.0 Å². The van der Waals surface area contributed by atoms with Gasteiger partial charge in [-0.15, -0.1) is 0 Å². The van der Waals surface area contributed by atoms with E-state index in [1.165, 1.54) is 12.5 Å². The van der Waals surface area contributed by atoms with E-state index in [4.69, 9.17) is 11.6 Å². The van der Waals surface area contributed by atoms with E-state index in [-0.39, 0.29) is 5.02 Å². The van der Waals surface area contributed by atoms with E-state index in [2.05, 4.69) is 30.8 Å². The molecule has 0 amide bonds. The molecule has 8 nitrogen and oxygen atoms in total. The van der Waals surface area contributed by atoms with Crippen LogP contribution in [0.15, 0.2) is 53.0 Å². The van der Waals surface area contributed by atoms with Gasteiger partial charge < -0.3 is 0 Å². The normalized spacial score (nSPS) is 11.5. The summed E-state index contributed by atoms with van der Waals surface area (Å²) in [6.07, 6.45) is 4.50. The SMILES string of the molecule is C/C(=N/Nc1cn[nH]c(=O)c1Cl)c1ccc(-n2cncn2)cc1. The molecule has 0 saturated heterocycles. The number of halogens is 1. The van der Waals surface area contributed by atoms with Crippen molar-refractivity contribution >= 4 is 23.0 Å². The Morgan fingerprint density at radius 2 is 2.13 bits per heavy atom. The van der Waals surface area contributed by atoms with E-state index in [0.717, 1.165) is 17.0 Å².